The first-order valence-corrected chi connectivity index (χ1v) is 14.1. The summed E-state index contributed by atoms with van der Waals surface area (Å²) >= 11 is 6.14. The van der Waals surface area contributed by atoms with Crippen LogP contribution in [0.2, 0.25) is 0 Å². The third-order valence-corrected chi connectivity index (χ3v) is 7.53. The van der Waals surface area contributed by atoms with Crippen LogP contribution in [0.15, 0.2) is 82.0 Å². The van der Waals surface area contributed by atoms with Crippen molar-refractivity contribution in [3.8, 4) is 0 Å². The van der Waals surface area contributed by atoms with Crippen LogP contribution in [0.4, 0.5) is 35.1 Å². The predicted octanol–water partition coefficient (Wildman–Crippen LogP) is 7.23. The van der Waals surface area contributed by atoms with Gasteiger partial charge in [-0.15, -0.1) is 0 Å². The fourth-order valence-corrected chi connectivity index (χ4v) is 4.62. The number of pyridine rings is 2. The Morgan fingerprint density at radius 1 is 0.812 bits per heavy atom. The van der Waals surface area contributed by atoms with Gasteiger partial charge in [-0.2, -0.15) is 17.6 Å². The SMILES string of the molecule is C.CO.Fc1ccc(F)c(C2(C(F)(F)c3ccc(Br)cn3)CO2)c1.N.NCC(O)(c1cc(F)ccc1F)C(F)(F)c1ccc(Br)cn1.[B]. The molecule has 1 saturated heterocycles. The molecule has 0 aliphatic carbocycles. The van der Waals surface area contributed by atoms with Crippen LogP contribution in [-0.2, 0) is 27.8 Å². The van der Waals surface area contributed by atoms with Crippen molar-refractivity contribution in [3.63, 3.8) is 0 Å². The van der Waals surface area contributed by atoms with Gasteiger partial charge in [0.15, 0.2) is 11.2 Å². The fourth-order valence-electron chi connectivity index (χ4n) is 4.15. The number of aliphatic hydroxyl groups excluding tert-OH is 1. The van der Waals surface area contributed by atoms with Crippen LogP contribution in [0, 0.1) is 23.3 Å². The largest absolute Gasteiger partial charge is 0.400 e. The molecule has 7 nitrogen and oxygen atoms in total. The summed E-state index contributed by atoms with van der Waals surface area (Å²) < 4.78 is 119. The molecule has 0 spiro atoms. The molecule has 0 amide bonds. The van der Waals surface area contributed by atoms with Crippen molar-refractivity contribution in [1.29, 1.82) is 0 Å². The van der Waals surface area contributed by atoms with E-state index in [4.69, 9.17) is 15.6 Å². The number of epoxide rings is 1. The van der Waals surface area contributed by atoms with Crippen molar-refractivity contribution in [2.75, 3.05) is 20.3 Å². The van der Waals surface area contributed by atoms with Crippen LogP contribution < -0.4 is 11.9 Å². The average molecular weight is 817 g/mol. The van der Waals surface area contributed by atoms with Crippen LogP contribution in [-0.4, -0.2) is 48.9 Å². The number of halogens is 10. The lowest BCUT2D eigenvalue weighted by atomic mass is 9.85. The summed E-state index contributed by atoms with van der Waals surface area (Å²) in [6.45, 7) is -1.43. The minimum Gasteiger partial charge on any atom is -0.400 e. The summed E-state index contributed by atoms with van der Waals surface area (Å²) in [5, 5.41) is 17.3. The molecule has 18 heteroatoms. The molecule has 1 aliphatic heterocycles. The lowest BCUT2D eigenvalue weighted by Gasteiger charge is -2.35. The maximum Gasteiger partial charge on any atom is 0.324 e. The number of alkyl halides is 4. The van der Waals surface area contributed by atoms with E-state index in [1.165, 1.54) is 18.3 Å². The Morgan fingerprint density at radius 2 is 1.27 bits per heavy atom. The second-order valence-corrected chi connectivity index (χ2v) is 11.1. The zero-order chi connectivity index (χ0) is 33.8. The topological polar surface area (TPSA) is 140 Å². The Hall–Kier alpha value is -3.00. The van der Waals surface area contributed by atoms with E-state index in [2.05, 4.69) is 41.8 Å². The number of hydrogen-bond donors (Lipinski definition) is 4. The Kier molecular flexibility index (Phi) is 16.5. The zero-order valence-electron chi connectivity index (χ0n) is 24.2. The summed E-state index contributed by atoms with van der Waals surface area (Å²) in [4.78, 5) is 7.15. The monoisotopic (exact) mass is 815 g/mol. The molecule has 0 saturated carbocycles. The first-order chi connectivity index (χ1) is 21.1. The normalized spacial score (nSPS) is 16.2. The second-order valence-electron chi connectivity index (χ2n) is 9.30. The molecule has 7 N–H and O–H groups in total. The van der Waals surface area contributed by atoms with Crippen LogP contribution in [0.5, 0.6) is 0 Å². The maximum absolute atomic E-state index is 14.6. The van der Waals surface area contributed by atoms with Gasteiger partial charge in [0.05, 0.1) is 6.61 Å². The predicted molar refractivity (Wildman–Crippen MR) is 171 cm³/mol. The smallest absolute Gasteiger partial charge is 0.324 e. The third-order valence-electron chi connectivity index (χ3n) is 6.59. The first kappa shape index (κ1) is 45.0. The molecule has 2 aromatic carbocycles. The Bertz CT molecular complexity index is 1620. The molecule has 2 aromatic heterocycles. The third kappa shape index (κ3) is 8.77. The van der Waals surface area contributed by atoms with Crippen molar-refractivity contribution in [2.45, 2.75) is 30.5 Å². The molecule has 4 aromatic rings. The van der Waals surface area contributed by atoms with Gasteiger partial charge in [0.25, 0.3) is 0 Å². The number of aromatic nitrogens is 2. The molecule has 3 radical (unpaired) electrons. The van der Waals surface area contributed by atoms with E-state index in [1.54, 1.807) is 0 Å². The molecule has 0 bridgehead atoms. The van der Waals surface area contributed by atoms with E-state index in [0.717, 1.165) is 49.7 Å². The molecule has 3 heterocycles. The van der Waals surface area contributed by atoms with Gasteiger partial charge >= 0.3 is 11.8 Å². The lowest BCUT2D eigenvalue weighted by molar-refractivity contribution is -0.193. The highest BCUT2D eigenvalue weighted by atomic mass is 79.9. The van der Waals surface area contributed by atoms with E-state index in [9.17, 15) is 40.2 Å². The molecule has 2 unspecified atom stereocenters. The molecule has 48 heavy (non-hydrogen) atoms. The van der Waals surface area contributed by atoms with Gasteiger partial charge in [0.2, 0.25) is 0 Å². The zero-order valence-corrected chi connectivity index (χ0v) is 27.4. The summed E-state index contributed by atoms with van der Waals surface area (Å²) in [5.41, 5.74) is -2.90. The highest BCUT2D eigenvalue weighted by Gasteiger charge is 2.68. The fraction of sp³-hybridized carbons (Fsp3) is 0.267. The van der Waals surface area contributed by atoms with Crippen LogP contribution >= 0.6 is 31.9 Å². The summed E-state index contributed by atoms with van der Waals surface area (Å²) in [6, 6.07) is 9.06. The van der Waals surface area contributed by atoms with Crippen molar-refractivity contribution in [2.24, 2.45) is 5.73 Å². The van der Waals surface area contributed by atoms with E-state index >= 15 is 0 Å². The molecule has 261 valence electrons. The number of hydrogen-bond acceptors (Lipinski definition) is 7. The van der Waals surface area contributed by atoms with E-state index in [1.807, 2.05) is 0 Å². The van der Waals surface area contributed by atoms with Crippen LogP contribution in [0.3, 0.4) is 0 Å². The Morgan fingerprint density at radius 3 is 1.71 bits per heavy atom. The van der Waals surface area contributed by atoms with E-state index in [0.29, 0.717) is 21.1 Å². The molecule has 5 rings (SSSR count). The number of benzene rings is 2. The number of ether oxygens (including phenoxy) is 1. The van der Waals surface area contributed by atoms with Gasteiger partial charge in [0, 0.05) is 54.5 Å². The maximum atomic E-state index is 14.6. The van der Waals surface area contributed by atoms with E-state index < -0.39 is 82.0 Å². The quantitative estimate of drug-likeness (QED) is 0.0878. The molecule has 1 aliphatic rings. The number of rotatable bonds is 7. The Balaban J connectivity index is 0.000000826. The second kappa shape index (κ2) is 17.6. The van der Waals surface area contributed by atoms with Gasteiger partial charge in [-0.25, -0.2) is 17.6 Å². The lowest BCUT2D eigenvalue weighted by Crippen LogP contribution is -2.50. The van der Waals surface area contributed by atoms with Crippen LogP contribution in [0.25, 0.3) is 0 Å². The van der Waals surface area contributed by atoms with Crippen molar-refractivity contribution in [3.05, 3.63) is 128 Å². The molecular weight excluding hydrogens is 787 g/mol. The average Bonchev–Trinajstić information content (AvgIpc) is 3.84. The first-order valence-electron chi connectivity index (χ1n) is 12.5. The summed E-state index contributed by atoms with van der Waals surface area (Å²) in [6.07, 6.45) is 2.31. The number of nitrogens with two attached hydrogens (primary N) is 1. The molecular formula is C30H30BBr2F8N4O3. The molecule has 2 atom stereocenters. The van der Waals surface area contributed by atoms with Gasteiger partial charge < -0.3 is 26.8 Å². The highest BCUT2D eigenvalue weighted by molar-refractivity contribution is 9.10. The summed E-state index contributed by atoms with van der Waals surface area (Å²) in [5.74, 6) is -11.5. The van der Waals surface area contributed by atoms with Gasteiger partial charge in [-0.05, 0) is 92.5 Å². The van der Waals surface area contributed by atoms with Gasteiger partial charge in [0.1, 0.15) is 34.7 Å². The van der Waals surface area contributed by atoms with Gasteiger partial charge in [-0.3, -0.25) is 9.97 Å². The Labute approximate surface area is 290 Å². The standard InChI is InChI=1S/C14H11BrF4N2O.C14H8BrF4NO.CH4O.CH4.B.H3N/c15-8-1-4-12(21-6-8)14(18,19)13(22,7-20)10-5-9(16)2-3-11(10)17;15-8-1-4-12(20-6-8)14(18,19)13(7-21-13)10-5-9(16)2-3-11(10)17;1-2;;;/h1-6,22H,7,20H2;1-6H,7H2;2H,1H3;1H4;;1H3. The van der Waals surface area contributed by atoms with Crippen molar-refractivity contribution < 1.29 is 50.1 Å². The number of nitrogens with zero attached hydrogens (tertiary/aromatic N) is 2. The minimum atomic E-state index is -4.03. The van der Waals surface area contributed by atoms with Crippen LogP contribution in [0.1, 0.15) is 29.9 Å². The van der Waals surface area contributed by atoms with Gasteiger partial charge in [-0.1, -0.05) is 7.43 Å². The minimum absolute atomic E-state index is 0. The summed E-state index contributed by atoms with van der Waals surface area (Å²) in [7, 11) is 1.00. The van der Waals surface area contributed by atoms with E-state index in [-0.39, 0.29) is 22.0 Å². The van der Waals surface area contributed by atoms with Crippen molar-refractivity contribution in [1.82, 2.24) is 16.1 Å². The number of aliphatic hydroxyl groups is 2. The molecule has 1 fully saturated rings. The highest BCUT2D eigenvalue weighted by Crippen LogP contribution is 2.56. The van der Waals surface area contributed by atoms with Crippen molar-refractivity contribution >= 4 is 40.3 Å².